The van der Waals surface area contributed by atoms with E-state index in [9.17, 15) is 0 Å². The Morgan fingerprint density at radius 3 is 2.82 bits per heavy atom. The summed E-state index contributed by atoms with van der Waals surface area (Å²) >= 11 is 1.73. The van der Waals surface area contributed by atoms with Crippen molar-refractivity contribution in [3.05, 3.63) is 22.4 Å². The molecule has 0 radical (unpaired) electrons. The molecule has 0 saturated heterocycles. The third-order valence-electron chi connectivity index (χ3n) is 2.69. The number of hydrogen-bond acceptors (Lipinski definition) is 2. The number of hydrogen-bond donors (Lipinski definition) is 1. The average molecular weight is 167 g/mol. The fourth-order valence-corrected chi connectivity index (χ4v) is 2.06. The lowest BCUT2D eigenvalue weighted by Crippen LogP contribution is -2.19. The van der Waals surface area contributed by atoms with Gasteiger partial charge in [0.1, 0.15) is 0 Å². The molecule has 0 aromatic carbocycles. The SMILES string of the molecule is CC1(C(N)c2ccsc2)CC1. The monoisotopic (exact) mass is 167 g/mol. The minimum Gasteiger partial charge on any atom is -0.323 e. The quantitative estimate of drug-likeness (QED) is 0.719. The zero-order valence-electron chi connectivity index (χ0n) is 6.71. The van der Waals surface area contributed by atoms with Crippen molar-refractivity contribution >= 4 is 11.3 Å². The van der Waals surface area contributed by atoms with Crippen molar-refractivity contribution in [2.24, 2.45) is 11.1 Å². The minimum atomic E-state index is 0.272. The van der Waals surface area contributed by atoms with Crippen molar-refractivity contribution in [2.45, 2.75) is 25.8 Å². The average Bonchev–Trinajstić information content (AvgIpc) is 2.54. The van der Waals surface area contributed by atoms with Crippen LogP contribution in [0.4, 0.5) is 0 Å². The second-order valence-electron chi connectivity index (χ2n) is 3.69. The van der Waals surface area contributed by atoms with E-state index in [-0.39, 0.29) is 6.04 Å². The summed E-state index contributed by atoms with van der Waals surface area (Å²) in [6, 6.07) is 2.41. The van der Waals surface area contributed by atoms with Gasteiger partial charge in [-0.05, 0) is 40.6 Å². The molecule has 60 valence electrons. The summed E-state index contributed by atoms with van der Waals surface area (Å²) in [7, 11) is 0. The van der Waals surface area contributed by atoms with Crippen LogP contribution in [0.3, 0.4) is 0 Å². The molecule has 11 heavy (non-hydrogen) atoms. The van der Waals surface area contributed by atoms with Crippen molar-refractivity contribution in [1.82, 2.24) is 0 Å². The highest BCUT2D eigenvalue weighted by Gasteiger charge is 2.43. The van der Waals surface area contributed by atoms with Gasteiger partial charge in [-0.15, -0.1) is 0 Å². The maximum absolute atomic E-state index is 6.09. The lowest BCUT2D eigenvalue weighted by molar-refractivity contribution is 0.452. The second kappa shape index (κ2) is 2.32. The number of thiophene rings is 1. The van der Waals surface area contributed by atoms with Gasteiger partial charge in [-0.2, -0.15) is 11.3 Å². The van der Waals surface area contributed by atoms with E-state index in [4.69, 9.17) is 5.73 Å². The molecule has 1 fully saturated rings. The van der Waals surface area contributed by atoms with Gasteiger partial charge in [0.15, 0.2) is 0 Å². The maximum Gasteiger partial charge on any atom is 0.0357 e. The van der Waals surface area contributed by atoms with Gasteiger partial charge < -0.3 is 5.73 Å². The lowest BCUT2D eigenvalue weighted by atomic mass is 9.95. The van der Waals surface area contributed by atoms with E-state index < -0.39 is 0 Å². The molecule has 0 amide bonds. The standard InChI is InChI=1S/C9H13NS/c1-9(3-4-9)8(10)7-2-5-11-6-7/h2,5-6,8H,3-4,10H2,1H3. The molecule has 2 rings (SSSR count). The Labute approximate surface area is 71.2 Å². The minimum absolute atomic E-state index is 0.272. The van der Waals surface area contributed by atoms with Crippen molar-refractivity contribution in [2.75, 3.05) is 0 Å². The van der Waals surface area contributed by atoms with Gasteiger partial charge in [-0.25, -0.2) is 0 Å². The lowest BCUT2D eigenvalue weighted by Gasteiger charge is -2.16. The van der Waals surface area contributed by atoms with Crippen molar-refractivity contribution in [3.63, 3.8) is 0 Å². The van der Waals surface area contributed by atoms with Crippen LogP contribution in [0, 0.1) is 5.41 Å². The highest BCUT2D eigenvalue weighted by molar-refractivity contribution is 7.07. The van der Waals surface area contributed by atoms with Gasteiger partial charge in [-0.1, -0.05) is 6.92 Å². The Bertz CT molecular complexity index is 236. The Kier molecular flexibility index (Phi) is 1.55. The first-order valence-electron chi connectivity index (χ1n) is 4.00. The number of nitrogens with two attached hydrogens (primary N) is 1. The Balaban J connectivity index is 2.17. The summed E-state index contributed by atoms with van der Waals surface area (Å²) in [6.07, 6.45) is 2.59. The van der Waals surface area contributed by atoms with E-state index in [0.29, 0.717) is 5.41 Å². The largest absolute Gasteiger partial charge is 0.323 e. The number of rotatable bonds is 2. The first kappa shape index (κ1) is 7.32. The third-order valence-corrected chi connectivity index (χ3v) is 3.39. The van der Waals surface area contributed by atoms with E-state index in [1.807, 2.05) is 0 Å². The zero-order valence-corrected chi connectivity index (χ0v) is 7.53. The Morgan fingerprint density at radius 1 is 1.64 bits per heavy atom. The molecule has 0 aliphatic heterocycles. The molecule has 1 aliphatic carbocycles. The Hall–Kier alpha value is -0.340. The van der Waals surface area contributed by atoms with Gasteiger partial charge in [0, 0.05) is 6.04 Å². The highest BCUT2D eigenvalue weighted by atomic mass is 32.1. The molecule has 2 heteroatoms. The summed E-state index contributed by atoms with van der Waals surface area (Å²) in [5.41, 5.74) is 7.82. The summed E-state index contributed by atoms with van der Waals surface area (Å²) in [6.45, 7) is 2.27. The van der Waals surface area contributed by atoms with Crippen molar-refractivity contribution < 1.29 is 0 Å². The van der Waals surface area contributed by atoms with Crippen LogP contribution >= 0.6 is 11.3 Å². The molecule has 1 aromatic heterocycles. The molecule has 1 heterocycles. The predicted molar refractivity (Wildman–Crippen MR) is 48.6 cm³/mol. The van der Waals surface area contributed by atoms with E-state index in [2.05, 4.69) is 23.8 Å². The summed E-state index contributed by atoms with van der Waals surface area (Å²) < 4.78 is 0. The predicted octanol–water partition coefficient (Wildman–Crippen LogP) is 2.55. The highest BCUT2D eigenvalue weighted by Crippen LogP contribution is 2.53. The molecular formula is C9H13NS. The first-order valence-corrected chi connectivity index (χ1v) is 4.94. The zero-order chi connectivity index (χ0) is 7.90. The summed E-state index contributed by atoms with van der Waals surface area (Å²) in [5, 5.41) is 4.26. The molecule has 1 aliphatic rings. The van der Waals surface area contributed by atoms with Crippen LogP contribution in [-0.4, -0.2) is 0 Å². The van der Waals surface area contributed by atoms with E-state index >= 15 is 0 Å². The van der Waals surface area contributed by atoms with Gasteiger partial charge in [0.25, 0.3) is 0 Å². The van der Waals surface area contributed by atoms with Crippen LogP contribution in [0.1, 0.15) is 31.4 Å². The Morgan fingerprint density at radius 2 is 2.36 bits per heavy atom. The van der Waals surface area contributed by atoms with E-state index in [1.54, 1.807) is 11.3 Å². The van der Waals surface area contributed by atoms with Gasteiger partial charge in [0.2, 0.25) is 0 Å². The molecule has 1 unspecified atom stereocenters. The fourth-order valence-electron chi connectivity index (χ4n) is 1.36. The summed E-state index contributed by atoms with van der Waals surface area (Å²) in [4.78, 5) is 0. The topological polar surface area (TPSA) is 26.0 Å². The molecule has 0 spiro atoms. The smallest absolute Gasteiger partial charge is 0.0357 e. The normalized spacial score (nSPS) is 23.1. The first-order chi connectivity index (χ1) is 5.22. The third kappa shape index (κ3) is 1.21. The van der Waals surface area contributed by atoms with Crippen LogP contribution in [0.15, 0.2) is 16.8 Å². The molecule has 1 aromatic rings. The van der Waals surface area contributed by atoms with Crippen LogP contribution in [-0.2, 0) is 0 Å². The second-order valence-corrected chi connectivity index (χ2v) is 4.47. The molecular weight excluding hydrogens is 154 g/mol. The van der Waals surface area contributed by atoms with Crippen LogP contribution in [0.25, 0.3) is 0 Å². The van der Waals surface area contributed by atoms with Gasteiger partial charge in [0.05, 0.1) is 0 Å². The van der Waals surface area contributed by atoms with Gasteiger partial charge >= 0.3 is 0 Å². The van der Waals surface area contributed by atoms with Crippen LogP contribution in [0.5, 0.6) is 0 Å². The van der Waals surface area contributed by atoms with E-state index in [0.717, 1.165) is 0 Å². The molecule has 2 N–H and O–H groups in total. The fraction of sp³-hybridized carbons (Fsp3) is 0.556. The van der Waals surface area contributed by atoms with Gasteiger partial charge in [-0.3, -0.25) is 0 Å². The molecule has 1 atom stereocenters. The van der Waals surface area contributed by atoms with Crippen molar-refractivity contribution in [3.8, 4) is 0 Å². The maximum atomic E-state index is 6.09. The molecule has 0 bridgehead atoms. The van der Waals surface area contributed by atoms with Crippen LogP contribution in [0.2, 0.25) is 0 Å². The molecule has 1 nitrogen and oxygen atoms in total. The van der Waals surface area contributed by atoms with E-state index in [1.165, 1.54) is 18.4 Å². The van der Waals surface area contributed by atoms with Crippen molar-refractivity contribution in [1.29, 1.82) is 0 Å². The van der Waals surface area contributed by atoms with Crippen LogP contribution < -0.4 is 5.73 Å². The summed E-state index contributed by atoms with van der Waals surface area (Å²) in [5.74, 6) is 0. The molecule has 1 saturated carbocycles.